The first-order valence-electron chi connectivity index (χ1n) is 7.81. The highest BCUT2D eigenvalue weighted by Crippen LogP contribution is 2.39. The van der Waals surface area contributed by atoms with Crippen molar-refractivity contribution < 1.29 is 4.79 Å². The summed E-state index contributed by atoms with van der Waals surface area (Å²) in [7, 11) is 0. The van der Waals surface area contributed by atoms with E-state index in [2.05, 4.69) is 6.92 Å². The number of hydrogen-bond donors (Lipinski definition) is 0. The van der Waals surface area contributed by atoms with Crippen molar-refractivity contribution in [3.63, 3.8) is 0 Å². The number of carbonyl (C=O) groups is 1. The van der Waals surface area contributed by atoms with Gasteiger partial charge in [-0.15, -0.1) is 0 Å². The Morgan fingerprint density at radius 3 is 1.82 bits per heavy atom. The Labute approximate surface area is 107 Å². The minimum Gasteiger partial charge on any atom is -0.300 e. The fourth-order valence-electron chi connectivity index (χ4n) is 3.50. The predicted molar refractivity (Wildman–Crippen MR) is 74.1 cm³/mol. The second-order valence-electron chi connectivity index (χ2n) is 5.57. The van der Waals surface area contributed by atoms with Crippen LogP contribution in [0.1, 0.15) is 78.6 Å². The lowest BCUT2D eigenvalue weighted by atomic mass is 9.70. The lowest BCUT2D eigenvalue weighted by Crippen LogP contribution is -2.25. The average molecular weight is 238 g/mol. The number of rotatable bonds is 2. The van der Waals surface area contributed by atoms with Gasteiger partial charge in [0.15, 0.2) is 0 Å². The maximum Gasteiger partial charge on any atom is 0.132 e. The van der Waals surface area contributed by atoms with Crippen LogP contribution in [0.3, 0.4) is 0 Å². The molecule has 0 aromatic heterocycles. The van der Waals surface area contributed by atoms with E-state index in [-0.39, 0.29) is 0 Å². The molecule has 0 saturated heterocycles. The van der Waals surface area contributed by atoms with Gasteiger partial charge in [-0.2, -0.15) is 0 Å². The zero-order valence-corrected chi connectivity index (χ0v) is 12.0. The Hall–Kier alpha value is -0.330. The molecule has 2 rings (SSSR count). The Bertz CT molecular complexity index is 204. The van der Waals surface area contributed by atoms with Gasteiger partial charge in [0.2, 0.25) is 0 Å². The van der Waals surface area contributed by atoms with Crippen LogP contribution in [-0.2, 0) is 4.79 Å². The molecule has 0 aromatic rings. The summed E-state index contributed by atoms with van der Waals surface area (Å²) in [5.41, 5.74) is 0. The minimum atomic E-state index is 0.508. The first-order chi connectivity index (χ1) is 8.29. The third-order valence-corrected chi connectivity index (χ3v) is 4.72. The Kier molecular flexibility index (Phi) is 6.84. The first-order valence-corrected chi connectivity index (χ1v) is 7.81. The van der Waals surface area contributed by atoms with Crippen molar-refractivity contribution >= 4 is 5.78 Å². The molecule has 0 amide bonds. The molecular weight excluding hydrogens is 208 g/mol. The zero-order chi connectivity index (χ0) is 12.7. The quantitative estimate of drug-likeness (QED) is 0.662. The zero-order valence-electron chi connectivity index (χ0n) is 12.0. The van der Waals surface area contributed by atoms with Gasteiger partial charge in [-0.05, 0) is 43.4 Å². The molecular formula is C16H30O. The molecule has 100 valence electrons. The van der Waals surface area contributed by atoms with E-state index in [1.165, 1.54) is 44.9 Å². The molecule has 2 saturated carbocycles. The van der Waals surface area contributed by atoms with Crippen LogP contribution < -0.4 is 0 Å². The van der Waals surface area contributed by atoms with E-state index in [4.69, 9.17) is 0 Å². The lowest BCUT2D eigenvalue weighted by molar-refractivity contribution is -0.121. The van der Waals surface area contributed by atoms with E-state index in [1.54, 1.807) is 0 Å². The Balaban J connectivity index is 0.000000686. The van der Waals surface area contributed by atoms with Crippen LogP contribution in [0.25, 0.3) is 0 Å². The number of carbonyl (C=O) groups excluding carboxylic acids is 1. The highest BCUT2D eigenvalue weighted by atomic mass is 16.1. The van der Waals surface area contributed by atoms with Crippen molar-refractivity contribution in [3.8, 4) is 0 Å². The predicted octanol–water partition coefficient (Wildman–Crippen LogP) is 4.99. The Morgan fingerprint density at radius 2 is 1.35 bits per heavy atom. The van der Waals surface area contributed by atoms with Crippen molar-refractivity contribution in [2.24, 2.45) is 17.8 Å². The van der Waals surface area contributed by atoms with Crippen molar-refractivity contribution in [1.29, 1.82) is 0 Å². The smallest absolute Gasteiger partial charge is 0.132 e. The molecule has 0 spiro atoms. The number of ketones is 1. The summed E-state index contributed by atoms with van der Waals surface area (Å²) in [5.74, 6) is 3.36. The Morgan fingerprint density at radius 1 is 0.882 bits per heavy atom. The van der Waals surface area contributed by atoms with Gasteiger partial charge in [0, 0.05) is 12.8 Å². The monoisotopic (exact) mass is 238 g/mol. The fraction of sp³-hybridized carbons (Fsp3) is 0.938. The average Bonchev–Trinajstić information content (AvgIpc) is 2.42. The minimum absolute atomic E-state index is 0.508. The second-order valence-corrected chi connectivity index (χ2v) is 5.57. The largest absolute Gasteiger partial charge is 0.300 e. The van der Waals surface area contributed by atoms with Crippen LogP contribution in [0.4, 0.5) is 0 Å². The maximum atomic E-state index is 11.2. The van der Waals surface area contributed by atoms with Crippen molar-refractivity contribution in [1.82, 2.24) is 0 Å². The molecule has 0 atom stereocenters. The van der Waals surface area contributed by atoms with E-state index in [0.717, 1.165) is 30.6 Å². The van der Waals surface area contributed by atoms with E-state index < -0.39 is 0 Å². The van der Waals surface area contributed by atoms with Gasteiger partial charge in [-0.1, -0.05) is 40.0 Å². The van der Waals surface area contributed by atoms with Gasteiger partial charge in [0.05, 0.1) is 0 Å². The molecule has 0 aliphatic heterocycles. The van der Waals surface area contributed by atoms with Gasteiger partial charge < -0.3 is 0 Å². The SMILES string of the molecule is CC.CCC1CCC(C2CCC(=O)CC2)CC1. The van der Waals surface area contributed by atoms with Gasteiger partial charge in [0.25, 0.3) is 0 Å². The summed E-state index contributed by atoms with van der Waals surface area (Å²) in [6, 6.07) is 0. The third kappa shape index (κ3) is 4.44. The molecule has 0 N–H and O–H groups in total. The van der Waals surface area contributed by atoms with Crippen molar-refractivity contribution in [3.05, 3.63) is 0 Å². The summed E-state index contributed by atoms with van der Waals surface area (Å²) >= 11 is 0. The number of hydrogen-bond acceptors (Lipinski definition) is 1. The van der Waals surface area contributed by atoms with Gasteiger partial charge >= 0.3 is 0 Å². The van der Waals surface area contributed by atoms with Gasteiger partial charge in [-0.3, -0.25) is 4.79 Å². The molecule has 2 aliphatic rings. The lowest BCUT2D eigenvalue weighted by Gasteiger charge is -2.35. The highest BCUT2D eigenvalue weighted by molar-refractivity contribution is 5.79. The molecule has 0 heterocycles. The van der Waals surface area contributed by atoms with E-state index >= 15 is 0 Å². The van der Waals surface area contributed by atoms with Gasteiger partial charge in [-0.25, -0.2) is 0 Å². The van der Waals surface area contributed by atoms with Crippen molar-refractivity contribution in [2.75, 3.05) is 0 Å². The first kappa shape index (κ1) is 14.7. The summed E-state index contributed by atoms with van der Waals surface area (Å²) in [6.07, 6.45) is 11.3. The summed E-state index contributed by atoms with van der Waals surface area (Å²) in [6.45, 7) is 6.32. The molecule has 2 aliphatic carbocycles. The maximum absolute atomic E-state index is 11.2. The van der Waals surface area contributed by atoms with Crippen LogP contribution in [0.15, 0.2) is 0 Å². The van der Waals surface area contributed by atoms with Crippen LogP contribution in [0.5, 0.6) is 0 Å². The summed E-state index contributed by atoms with van der Waals surface area (Å²) in [5, 5.41) is 0. The van der Waals surface area contributed by atoms with Gasteiger partial charge in [0.1, 0.15) is 5.78 Å². The third-order valence-electron chi connectivity index (χ3n) is 4.72. The second kappa shape index (κ2) is 7.89. The normalized spacial score (nSPS) is 30.6. The van der Waals surface area contributed by atoms with E-state index in [1.807, 2.05) is 13.8 Å². The molecule has 1 heteroatoms. The summed E-state index contributed by atoms with van der Waals surface area (Å²) in [4.78, 5) is 11.2. The standard InChI is InChI=1S/C14H24O.C2H6/c1-2-11-3-5-12(6-4-11)13-7-9-14(15)10-8-13;1-2/h11-13H,2-10H2,1H3;1-2H3. The van der Waals surface area contributed by atoms with Crippen LogP contribution in [0, 0.1) is 17.8 Å². The fourth-order valence-corrected chi connectivity index (χ4v) is 3.50. The molecule has 0 radical (unpaired) electrons. The molecule has 0 bridgehead atoms. The van der Waals surface area contributed by atoms with E-state index in [0.29, 0.717) is 5.78 Å². The van der Waals surface area contributed by atoms with E-state index in [9.17, 15) is 4.79 Å². The molecule has 1 nitrogen and oxygen atoms in total. The topological polar surface area (TPSA) is 17.1 Å². The van der Waals surface area contributed by atoms with Crippen LogP contribution >= 0.6 is 0 Å². The molecule has 0 aromatic carbocycles. The molecule has 2 fully saturated rings. The highest BCUT2D eigenvalue weighted by Gasteiger charge is 2.29. The summed E-state index contributed by atoms with van der Waals surface area (Å²) < 4.78 is 0. The molecule has 0 unspecified atom stereocenters. The molecule has 17 heavy (non-hydrogen) atoms. The van der Waals surface area contributed by atoms with Crippen LogP contribution in [0.2, 0.25) is 0 Å². The van der Waals surface area contributed by atoms with Crippen molar-refractivity contribution in [2.45, 2.75) is 78.6 Å². The number of Topliss-reactive ketones (excluding diaryl/α,β-unsaturated/α-hetero) is 1. The van der Waals surface area contributed by atoms with Crippen LogP contribution in [-0.4, -0.2) is 5.78 Å².